The molecule has 0 heterocycles. The third-order valence-electron chi connectivity index (χ3n) is 0. The van der Waals surface area contributed by atoms with Crippen LogP contribution in [0, 0.1) is 0 Å². The van der Waals surface area contributed by atoms with E-state index < -0.39 is 0 Å². The summed E-state index contributed by atoms with van der Waals surface area (Å²) in [5.41, 5.74) is 0. The summed E-state index contributed by atoms with van der Waals surface area (Å²) in [6.07, 6.45) is 0. The zero-order valence-corrected chi connectivity index (χ0v) is 5.18. The molecule has 0 aromatic carbocycles. The molecule has 0 aliphatic carbocycles. The summed E-state index contributed by atoms with van der Waals surface area (Å²) in [7, 11) is 0. The Balaban J connectivity index is -0.00000000667. The van der Waals surface area contributed by atoms with Gasteiger partial charge in [-0.3, -0.25) is 0 Å². The highest BCUT2D eigenvalue weighted by Crippen LogP contribution is 1.30. The van der Waals surface area contributed by atoms with Crippen molar-refractivity contribution in [1.29, 1.82) is 0 Å². The Morgan fingerprint density at radius 2 is 1.33 bits per heavy atom. The highest BCUT2D eigenvalue weighted by atomic mass is 35.5. The van der Waals surface area contributed by atoms with Crippen molar-refractivity contribution in [2.75, 3.05) is 6.61 Å². The van der Waals surface area contributed by atoms with E-state index in [0.717, 1.165) is 0 Å². The van der Waals surface area contributed by atoms with Gasteiger partial charge in [0.25, 0.3) is 0 Å². The summed E-state index contributed by atoms with van der Waals surface area (Å²) >= 11 is 0. The van der Waals surface area contributed by atoms with Crippen molar-refractivity contribution in [2.45, 2.75) is 6.92 Å². The Hall–Kier alpha value is 0.605. The van der Waals surface area contributed by atoms with Gasteiger partial charge in [0.15, 0.2) is 0 Å². The lowest BCUT2D eigenvalue weighted by molar-refractivity contribution is 0.318. The van der Waals surface area contributed by atoms with Gasteiger partial charge in [0.1, 0.15) is 0 Å². The third kappa shape index (κ3) is 164. The van der Waals surface area contributed by atoms with E-state index in [-0.39, 0.29) is 39.8 Å². The van der Waals surface area contributed by atoms with Crippen molar-refractivity contribution in [3.63, 3.8) is 0 Å². The van der Waals surface area contributed by atoms with Crippen LogP contribution in [0.3, 0.4) is 0 Å². The second kappa shape index (κ2) is 46.1. The minimum Gasteiger partial charge on any atom is -0.397 e. The molecule has 6 heavy (non-hydrogen) atoms. The molecular formula is C2H8BCl2O. The van der Waals surface area contributed by atoms with Gasteiger partial charge in [-0.1, -0.05) is 0 Å². The van der Waals surface area contributed by atoms with E-state index in [1.807, 2.05) is 0 Å². The number of hydrogen-bond acceptors (Lipinski definition) is 1. The van der Waals surface area contributed by atoms with Crippen LogP contribution in [0.15, 0.2) is 0 Å². The first-order valence-corrected chi connectivity index (χ1v) is 1.02. The lowest BCUT2D eigenvalue weighted by Gasteiger charge is -1.52. The van der Waals surface area contributed by atoms with E-state index >= 15 is 0 Å². The summed E-state index contributed by atoms with van der Waals surface area (Å²) in [5, 5.41) is 7.57. The molecule has 0 aliphatic heterocycles. The number of rotatable bonds is 0. The van der Waals surface area contributed by atoms with Crippen LogP contribution in [0.25, 0.3) is 0 Å². The van der Waals surface area contributed by atoms with Crippen LogP contribution in [0.4, 0.5) is 0 Å². The van der Waals surface area contributed by atoms with Gasteiger partial charge in [-0.2, -0.15) is 0 Å². The molecule has 0 bridgehead atoms. The van der Waals surface area contributed by atoms with Crippen LogP contribution in [0.1, 0.15) is 6.92 Å². The Morgan fingerprint density at radius 3 is 1.33 bits per heavy atom. The number of aliphatic hydroxyl groups is 1. The average molecular weight is 130 g/mol. The van der Waals surface area contributed by atoms with Gasteiger partial charge in [0, 0.05) is 15.0 Å². The Morgan fingerprint density at radius 1 is 1.33 bits per heavy atom. The van der Waals surface area contributed by atoms with Crippen LogP contribution in [-0.4, -0.2) is 20.1 Å². The summed E-state index contributed by atoms with van der Waals surface area (Å²) < 4.78 is 0. The standard InChI is InChI=1S/C2H6O.B.2ClH/c1-2-3;;;/h3H,2H2,1H3;;2*1H. The van der Waals surface area contributed by atoms with Crippen molar-refractivity contribution in [3.05, 3.63) is 0 Å². The number of aliphatic hydroxyl groups excluding tert-OH is 1. The molecule has 39 valence electrons. The van der Waals surface area contributed by atoms with E-state index in [9.17, 15) is 0 Å². The lowest BCUT2D eigenvalue weighted by Crippen LogP contribution is -1.57. The minimum atomic E-state index is 0. The quantitative estimate of drug-likeness (QED) is 0.472. The average Bonchev–Trinajstić information content (AvgIpc) is 0.918. The van der Waals surface area contributed by atoms with Gasteiger partial charge in [-0.05, 0) is 6.92 Å². The molecule has 1 nitrogen and oxygen atoms in total. The molecule has 0 fully saturated rings. The topological polar surface area (TPSA) is 20.2 Å². The minimum absolute atomic E-state index is 0. The zero-order valence-electron chi connectivity index (χ0n) is 3.55. The van der Waals surface area contributed by atoms with Gasteiger partial charge in [0.2, 0.25) is 0 Å². The Labute approximate surface area is 52.5 Å². The van der Waals surface area contributed by atoms with Crippen LogP contribution >= 0.6 is 24.8 Å². The largest absolute Gasteiger partial charge is 0.397 e. The van der Waals surface area contributed by atoms with E-state index in [0.29, 0.717) is 0 Å². The van der Waals surface area contributed by atoms with E-state index in [1.54, 1.807) is 6.92 Å². The summed E-state index contributed by atoms with van der Waals surface area (Å²) in [6.45, 7) is 1.93. The summed E-state index contributed by atoms with van der Waals surface area (Å²) in [4.78, 5) is 0. The molecule has 0 aliphatic rings. The molecular weight excluding hydrogens is 122 g/mol. The van der Waals surface area contributed by atoms with Crippen molar-refractivity contribution < 1.29 is 5.11 Å². The van der Waals surface area contributed by atoms with Crippen molar-refractivity contribution in [3.8, 4) is 0 Å². The van der Waals surface area contributed by atoms with Gasteiger partial charge in [-0.15, -0.1) is 24.8 Å². The fraction of sp³-hybridized carbons (Fsp3) is 1.00. The SMILES string of the molecule is CCO.Cl.Cl.[B]. The summed E-state index contributed by atoms with van der Waals surface area (Å²) in [5.74, 6) is 0. The van der Waals surface area contributed by atoms with Gasteiger partial charge >= 0.3 is 0 Å². The Bertz CT molecular complexity index is 11.5. The third-order valence-corrected chi connectivity index (χ3v) is 0. The first kappa shape index (κ1) is 30.6. The smallest absolute Gasteiger partial charge is 0.0402 e. The maximum Gasteiger partial charge on any atom is 0.0402 e. The van der Waals surface area contributed by atoms with E-state index in [4.69, 9.17) is 5.11 Å². The van der Waals surface area contributed by atoms with Crippen LogP contribution < -0.4 is 0 Å². The summed E-state index contributed by atoms with van der Waals surface area (Å²) in [6, 6.07) is 0. The highest BCUT2D eigenvalue weighted by Gasteiger charge is 1.34. The van der Waals surface area contributed by atoms with Crippen molar-refractivity contribution in [1.82, 2.24) is 0 Å². The normalized spacial score (nSPS) is 3.00. The van der Waals surface area contributed by atoms with Crippen LogP contribution in [0.5, 0.6) is 0 Å². The molecule has 4 heteroatoms. The van der Waals surface area contributed by atoms with Crippen LogP contribution in [-0.2, 0) is 0 Å². The number of halogens is 2. The predicted molar refractivity (Wildman–Crippen MR) is 33.0 cm³/mol. The van der Waals surface area contributed by atoms with Gasteiger partial charge < -0.3 is 5.11 Å². The molecule has 0 atom stereocenters. The maximum absolute atomic E-state index is 7.57. The highest BCUT2D eigenvalue weighted by molar-refractivity contribution is 5.85. The van der Waals surface area contributed by atoms with Crippen molar-refractivity contribution in [2.24, 2.45) is 0 Å². The van der Waals surface area contributed by atoms with E-state index in [2.05, 4.69) is 0 Å². The number of hydrogen-bond donors (Lipinski definition) is 1. The molecule has 0 aromatic heterocycles. The second-order valence-corrected chi connectivity index (χ2v) is 0.316. The predicted octanol–water partition coefficient (Wildman–Crippen LogP) is 0.461. The lowest BCUT2D eigenvalue weighted by atomic mass is 10.8. The fourth-order valence-electron chi connectivity index (χ4n) is 0. The van der Waals surface area contributed by atoms with Gasteiger partial charge in [0.05, 0.1) is 0 Å². The molecule has 0 saturated carbocycles. The fourth-order valence-corrected chi connectivity index (χ4v) is 0. The Kier molecular flexibility index (Phi) is 235. The van der Waals surface area contributed by atoms with Crippen molar-refractivity contribution >= 4 is 33.2 Å². The monoisotopic (exact) mass is 129 g/mol. The molecule has 0 aromatic rings. The molecule has 0 saturated heterocycles. The van der Waals surface area contributed by atoms with E-state index in [1.165, 1.54) is 0 Å². The maximum atomic E-state index is 7.57. The molecule has 0 rings (SSSR count). The molecule has 1 N–H and O–H groups in total. The van der Waals surface area contributed by atoms with Gasteiger partial charge in [-0.25, -0.2) is 0 Å². The first-order chi connectivity index (χ1) is 1.41. The first-order valence-electron chi connectivity index (χ1n) is 1.02. The molecule has 0 spiro atoms. The molecule has 0 unspecified atom stereocenters. The zero-order chi connectivity index (χ0) is 2.71. The second-order valence-electron chi connectivity index (χ2n) is 0.316. The molecule has 3 radical (unpaired) electrons. The van der Waals surface area contributed by atoms with Crippen LogP contribution in [0.2, 0.25) is 0 Å². The molecule has 0 amide bonds.